The minimum Gasteiger partial charge on any atom is -0.295 e. The summed E-state index contributed by atoms with van der Waals surface area (Å²) in [5, 5.41) is 1.60. The summed E-state index contributed by atoms with van der Waals surface area (Å²) in [6, 6.07) is 4.71. The summed E-state index contributed by atoms with van der Waals surface area (Å²) in [4.78, 5) is 5.23. The van der Waals surface area contributed by atoms with Crippen LogP contribution >= 0.6 is 0 Å². The molecule has 0 saturated heterocycles. The summed E-state index contributed by atoms with van der Waals surface area (Å²) in [6.07, 6.45) is 0. The van der Waals surface area contributed by atoms with Crippen molar-refractivity contribution in [1.82, 2.24) is 5.06 Å². The van der Waals surface area contributed by atoms with Gasteiger partial charge in [0, 0.05) is 14.1 Å². The van der Waals surface area contributed by atoms with E-state index >= 15 is 0 Å². The van der Waals surface area contributed by atoms with Crippen LogP contribution in [0, 0.1) is 5.82 Å². The first kappa shape index (κ1) is 10.2. The first-order valence-corrected chi connectivity index (χ1v) is 4.15. The lowest BCUT2D eigenvalue weighted by Gasteiger charge is -2.11. The van der Waals surface area contributed by atoms with E-state index in [1.54, 1.807) is 25.2 Å². The molecule has 0 amide bonds. The van der Waals surface area contributed by atoms with Crippen LogP contribution in [0.5, 0.6) is 0 Å². The molecule has 0 aliphatic carbocycles. The van der Waals surface area contributed by atoms with E-state index in [1.165, 1.54) is 12.1 Å². The summed E-state index contributed by atoms with van der Waals surface area (Å²) >= 11 is 0. The smallest absolute Gasteiger partial charge is 0.139 e. The van der Waals surface area contributed by atoms with Gasteiger partial charge in [-0.25, -0.2) is 4.39 Å². The van der Waals surface area contributed by atoms with Gasteiger partial charge in [-0.1, -0.05) is 11.5 Å². The van der Waals surface area contributed by atoms with Gasteiger partial charge in [0.25, 0.3) is 0 Å². The first-order chi connectivity index (χ1) is 6.09. The average molecular weight is 181 g/mol. The van der Waals surface area contributed by atoms with E-state index in [4.69, 9.17) is 4.84 Å². The summed E-state index contributed by atoms with van der Waals surface area (Å²) in [6.45, 7) is 0.413. The maximum Gasteiger partial charge on any atom is 0.139 e. The van der Waals surface area contributed by atoms with Crippen molar-refractivity contribution in [3.63, 3.8) is 0 Å². The molecule has 0 N–H and O–H groups in total. The van der Waals surface area contributed by atoms with E-state index in [1.807, 2.05) is 7.85 Å². The highest BCUT2D eigenvalue weighted by Gasteiger charge is 2.00. The molecule has 0 aliphatic rings. The molecule has 0 saturated carbocycles. The van der Waals surface area contributed by atoms with Gasteiger partial charge in [0.15, 0.2) is 0 Å². The Balaban J connectivity index is 2.70. The van der Waals surface area contributed by atoms with Gasteiger partial charge in [0.2, 0.25) is 0 Å². The third kappa shape index (κ3) is 3.16. The van der Waals surface area contributed by atoms with E-state index in [9.17, 15) is 4.39 Å². The molecule has 0 aliphatic heterocycles. The normalized spacial score (nSPS) is 10.8. The van der Waals surface area contributed by atoms with Gasteiger partial charge < -0.3 is 0 Å². The standard InChI is InChI=1S/C9H13BFNO/c1-12(2)13-6-7-5-8(11)3-4-9(7)10/h3-5H,6,10H2,1-2H3. The van der Waals surface area contributed by atoms with Crippen molar-refractivity contribution in [3.8, 4) is 0 Å². The molecule has 0 bridgehead atoms. The predicted molar refractivity (Wildman–Crippen MR) is 53.1 cm³/mol. The average Bonchev–Trinajstić information content (AvgIpc) is 2.06. The zero-order valence-electron chi connectivity index (χ0n) is 8.17. The lowest BCUT2D eigenvalue weighted by Crippen LogP contribution is -2.17. The second kappa shape index (κ2) is 4.39. The highest BCUT2D eigenvalue weighted by atomic mass is 19.1. The molecule has 0 fully saturated rings. The van der Waals surface area contributed by atoms with Crippen molar-refractivity contribution in [2.45, 2.75) is 6.61 Å². The van der Waals surface area contributed by atoms with Crippen LogP contribution in [0.3, 0.4) is 0 Å². The molecule has 13 heavy (non-hydrogen) atoms. The molecule has 0 heterocycles. The maximum absolute atomic E-state index is 12.8. The Hall–Kier alpha value is -0.865. The van der Waals surface area contributed by atoms with Gasteiger partial charge in [-0.15, -0.1) is 0 Å². The van der Waals surface area contributed by atoms with Crippen molar-refractivity contribution in [1.29, 1.82) is 0 Å². The van der Waals surface area contributed by atoms with Crippen molar-refractivity contribution in [3.05, 3.63) is 29.6 Å². The van der Waals surface area contributed by atoms with Gasteiger partial charge >= 0.3 is 0 Å². The van der Waals surface area contributed by atoms with E-state index < -0.39 is 0 Å². The first-order valence-electron chi connectivity index (χ1n) is 4.15. The third-order valence-corrected chi connectivity index (χ3v) is 1.79. The molecule has 1 rings (SSSR count). The lowest BCUT2D eigenvalue weighted by molar-refractivity contribution is -0.130. The molecule has 2 nitrogen and oxygen atoms in total. The second-order valence-electron chi connectivity index (χ2n) is 3.16. The fourth-order valence-electron chi connectivity index (χ4n) is 0.994. The largest absolute Gasteiger partial charge is 0.295 e. The molecule has 1 aromatic rings. The second-order valence-corrected chi connectivity index (χ2v) is 3.16. The van der Waals surface area contributed by atoms with Gasteiger partial charge in [-0.2, -0.15) is 5.06 Å². The topological polar surface area (TPSA) is 12.5 Å². The number of hydroxylamine groups is 2. The summed E-state index contributed by atoms with van der Waals surface area (Å²) in [5.74, 6) is -0.219. The zero-order valence-corrected chi connectivity index (χ0v) is 8.17. The number of nitrogens with zero attached hydrogens (tertiary/aromatic N) is 1. The van der Waals surface area contributed by atoms with E-state index in [-0.39, 0.29) is 5.82 Å². The predicted octanol–water partition coefficient (Wildman–Crippen LogP) is 0.0773. The van der Waals surface area contributed by atoms with Crippen LogP contribution in [-0.2, 0) is 11.4 Å². The van der Waals surface area contributed by atoms with E-state index in [0.717, 1.165) is 11.0 Å². The molecule has 0 radical (unpaired) electrons. The molecule has 0 aromatic heterocycles. The number of hydrogen-bond donors (Lipinski definition) is 0. The molecule has 0 spiro atoms. The molecular weight excluding hydrogens is 168 g/mol. The van der Waals surface area contributed by atoms with Crippen LogP contribution in [-0.4, -0.2) is 27.0 Å². The molecule has 4 heteroatoms. The minimum absolute atomic E-state index is 0.219. The highest BCUT2D eigenvalue weighted by Crippen LogP contribution is 2.02. The van der Waals surface area contributed by atoms with Gasteiger partial charge in [-0.05, 0) is 17.7 Å². The van der Waals surface area contributed by atoms with Crippen LogP contribution in [0.1, 0.15) is 5.56 Å². The van der Waals surface area contributed by atoms with E-state index in [0.29, 0.717) is 6.61 Å². The van der Waals surface area contributed by atoms with Crippen LogP contribution in [0.15, 0.2) is 18.2 Å². The third-order valence-electron chi connectivity index (χ3n) is 1.79. The molecule has 70 valence electrons. The highest BCUT2D eigenvalue weighted by molar-refractivity contribution is 6.33. The van der Waals surface area contributed by atoms with E-state index in [2.05, 4.69) is 0 Å². The SMILES string of the molecule is Bc1ccc(F)cc1CON(C)C. The number of rotatable bonds is 3. The Labute approximate surface area is 78.7 Å². The lowest BCUT2D eigenvalue weighted by atomic mass is 9.91. The van der Waals surface area contributed by atoms with Crippen molar-refractivity contribution >= 4 is 13.3 Å². The summed E-state index contributed by atoms with van der Waals surface area (Å²) < 4.78 is 12.8. The fraction of sp³-hybridized carbons (Fsp3) is 0.333. The van der Waals surface area contributed by atoms with Crippen molar-refractivity contribution in [2.75, 3.05) is 14.1 Å². The Kier molecular flexibility index (Phi) is 3.45. The van der Waals surface area contributed by atoms with Gasteiger partial charge in [0.1, 0.15) is 13.7 Å². The van der Waals surface area contributed by atoms with Crippen LogP contribution in [0.4, 0.5) is 4.39 Å². The van der Waals surface area contributed by atoms with Crippen LogP contribution < -0.4 is 5.46 Å². The van der Waals surface area contributed by atoms with Gasteiger partial charge in [-0.3, -0.25) is 4.84 Å². The number of benzene rings is 1. The molecular formula is C9H13BFNO. The van der Waals surface area contributed by atoms with Crippen molar-refractivity contribution in [2.24, 2.45) is 0 Å². The number of hydrogen-bond acceptors (Lipinski definition) is 2. The van der Waals surface area contributed by atoms with Crippen molar-refractivity contribution < 1.29 is 9.23 Å². The maximum atomic E-state index is 12.8. The number of halogens is 1. The minimum atomic E-state index is -0.219. The fourth-order valence-corrected chi connectivity index (χ4v) is 0.994. The van der Waals surface area contributed by atoms with Gasteiger partial charge in [0.05, 0.1) is 6.61 Å². The van der Waals surface area contributed by atoms with Crippen LogP contribution in [0.25, 0.3) is 0 Å². The molecule has 0 atom stereocenters. The molecule has 1 aromatic carbocycles. The van der Waals surface area contributed by atoms with Crippen LogP contribution in [0.2, 0.25) is 0 Å². The monoisotopic (exact) mass is 181 g/mol. The summed E-state index contributed by atoms with van der Waals surface area (Å²) in [5.41, 5.74) is 1.93. The Morgan fingerprint density at radius 2 is 2.15 bits per heavy atom. The zero-order chi connectivity index (χ0) is 9.84. The Bertz CT molecular complexity index is 291. The molecule has 0 unspecified atom stereocenters. The quantitative estimate of drug-likeness (QED) is 0.483. The summed E-state index contributed by atoms with van der Waals surface area (Å²) in [7, 11) is 5.54. The Morgan fingerprint density at radius 3 is 2.77 bits per heavy atom. The Morgan fingerprint density at radius 1 is 1.46 bits per heavy atom.